The molecular weight excluding hydrogens is 759 g/mol. The Labute approximate surface area is 369 Å². The van der Waals surface area contributed by atoms with Crippen molar-refractivity contribution in [2.75, 3.05) is 4.90 Å². The van der Waals surface area contributed by atoms with Crippen molar-refractivity contribution in [3.8, 4) is 55.6 Å². The van der Waals surface area contributed by atoms with Crippen molar-refractivity contribution in [2.45, 2.75) is 13.8 Å². The van der Waals surface area contributed by atoms with Gasteiger partial charge in [0.1, 0.15) is 0 Å². The Kier molecular flexibility index (Phi) is 9.71. The molecular formula is C62H45N. The van der Waals surface area contributed by atoms with E-state index in [0.29, 0.717) is 0 Å². The first kappa shape index (κ1) is 38.0. The lowest BCUT2D eigenvalue weighted by atomic mass is 9.91. The third-order valence-corrected chi connectivity index (χ3v) is 12.7. The molecule has 0 heterocycles. The number of fused-ring (bicyclic) bond motifs is 4. The minimum atomic E-state index is 1.10. The lowest BCUT2D eigenvalue weighted by Crippen LogP contribution is -2.10. The molecule has 0 saturated heterocycles. The zero-order chi connectivity index (χ0) is 42.3. The smallest absolute Gasteiger partial charge is 0.0546 e. The molecule has 298 valence electrons. The summed E-state index contributed by atoms with van der Waals surface area (Å²) in [5.74, 6) is 0. The van der Waals surface area contributed by atoms with Crippen LogP contribution in [0, 0.1) is 13.8 Å². The minimum absolute atomic E-state index is 1.10. The maximum atomic E-state index is 2.43. The van der Waals surface area contributed by atoms with Crippen LogP contribution in [0.2, 0.25) is 0 Å². The number of nitrogens with zero attached hydrogens (tertiary/aromatic N) is 1. The van der Waals surface area contributed by atoms with Crippen molar-refractivity contribution in [1.82, 2.24) is 0 Å². The van der Waals surface area contributed by atoms with E-state index in [-0.39, 0.29) is 0 Å². The second kappa shape index (κ2) is 16.1. The van der Waals surface area contributed by atoms with Crippen LogP contribution in [-0.2, 0) is 0 Å². The van der Waals surface area contributed by atoms with Gasteiger partial charge in [-0.2, -0.15) is 0 Å². The number of hydrogen-bond acceptors (Lipinski definition) is 1. The van der Waals surface area contributed by atoms with Gasteiger partial charge in [-0.25, -0.2) is 0 Å². The second-order valence-corrected chi connectivity index (χ2v) is 16.6. The molecule has 0 N–H and O–H groups in total. The number of hydrogen-bond donors (Lipinski definition) is 0. The van der Waals surface area contributed by atoms with Crippen LogP contribution in [-0.4, -0.2) is 0 Å². The third-order valence-electron chi connectivity index (χ3n) is 12.7. The number of benzene rings is 11. The normalized spacial score (nSPS) is 11.3. The van der Waals surface area contributed by atoms with Crippen LogP contribution in [0.15, 0.2) is 237 Å². The number of anilines is 3. The average molecular weight is 804 g/mol. The lowest BCUT2D eigenvalue weighted by molar-refractivity contribution is 1.30. The standard InChI is InChI=1S/C62H45N/c1-42-39-49(44-15-5-3-6-16-44)31-37-54(42)55-38-32-50(40-43(55)2)45-27-33-52(34-28-45)63(61-41-51-19-9-10-22-56(51)59-23-11-12-24-60(59)61)53-35-29-47(30-36-53)58-26-14-21-48-20-13-25-57(62(48)58)46-17-7-4-8-18-46/h3-41H,1-2H3. The van der Waals surface area contributed by atoms with Gasteiger partial charge in [0.2, 0.25) is 0 Å². The van der Waals surface area contributed by atoms with E-state index in [2.05, 4.69) is 255 Å². The summed E-state index contributed by atoms with van der Waals surface area (Å²) in [6.07, 6.45) is 0. The first-order valence-electron chi connectivity index (χ1n) is 21.8. The van der Waals surface area contributed by atoms with E-state index in [1.165, 1.54) is 99.1 Å². The maximum absolute atomic E-state index is 2.43. The predicted molar refractivity (Wildman–Crippen MR) is 270 cm³/mol. The van der Waals surface area contributed by atoms with E-state index in [1.54, 1.807) is 0 Å². The van der Waals surface area contributed by atoms with Crippen LogP contribution in [0.1, 0.15) is 11.1 Å². The highest BCUT2D eigenvalue weighted by molar-refractivity contribution is 6.14. The van der Waals surface area contributed by atoms with Crippen LogP contribution in [0.25, 0.3) is 88.0 Å². The Morgan fingerprint density at radius 2 is 0.698 bits per heavy atom. The summed E-state index contributed by atoms with van der Waals surface area (Å²) in [6, 6.07) is 86.5. The van der Waals surface area contributed by atoms with E-state index in [4.69, 9.17) is 0 Å². The Hall–Kier alpha value is -8.00. The van der Waals surface area contributed by atoms with Gasteiger partial charge in [-0.05, 0) is 138 Å². The molecule has 0 aliphatic carbocycles. The molecule has 0 unspecified atom stereocenters. The SMILES string of the molecule is Cc1cc(-c2ccccc2)ccc1-c1ccc(-c2ccc(N(c3ccc(-c4cccc5cccc(-c6ccccc6)c45)cc3)c3cc4ccccc4c4ccccc34)cc2)cc1C. The molecule has 0 aliphatic heterocycles. The number of rotatable bonds is 8. The molecule has 11 rings (SSSR count). The molecule has 0 radical (unpaired) electrons. The number of aryl methyl sites for hydroxylation is 2. The van der Waals surface area contributed by atoms with E-state index in [1.807, 2.05) is 0 Å². The zero-order valence-electron chi connectivity index (χ0n) is 35.5. The highest BCUT2D eigenvalue weighted by Gasteiger charge is 2.19. The lowest BCUT2D eigenvalue weighted by Gasteiger charge is -2.28. The van der Waals surface area contributed by atoms with Crippen LogP contribution >= 0.6 is 0 Å². The van der Waals surface area contributed by atoms with Gasteiger partial charge in [0, 0.05) is 16.8 Å². The van der Waals surface area contributed by atoms with Crippen molar-refractivity contribution >= 4 is 49.4 Å². The summed E-state index contributed by atoms with van der Waals surface area (Å²) < 4.78 is 0. The van der Waals surface area contributed by atoms with Gasteiger partial charge < -0.3 is 4.90 Å². The van der Waals surface area contributed by atoms with Gasteiger partial charge in [-0.1, -0.05) is 206 Å². The quantitative estimate of drug-likeness (QED) is 0.138. The van der Waals surface area contributed by atoms with Crippen molar-refractivity contribution in [3.63, 3.8) is 0 Å². The third kappa shape index (κ3) is 7.04. The van der Waals surface area contributed by atoms with Gasteiger partial charge >= 0.3 is 0 Å². The molecule has 0 aliphatic rings. The van der Waals surface area contributed by atoms with E-state index >= 15 is 0 Å². The molecule has 0 spiro atoms. The summed E-state index contributed by atoms with van der Waals surface area (Å²) in [6.45, 7) is 4.45. The molecule has 63 heavy (non-hydrogen) atoms. The molecule has 1 heteroatoms. The van der Waals surface area contributed by atoms with Gasteiger partial charge in [0.25, 0.3) is 0 Å². The van der Waals surface area contributed by atoms with Crippen LogP contribution in [0.4, 0.5) is 17.1 Å². The first-order valence-corrected chi connectivity index (χ1v) is 21.8. The highest BCUT2D eigenvalue weighted by Crippen LogP contribution is 2.44. The van der Waals surface area contributed by atoms with Crippen LogP contribution in [0.3, 0.4) is 0 Å². The van der Waals surface area contributed by atoms with Crippen molar-refractivity contribution in [1.29, 1.82) is 0 Å². The molecule has 11 aromatic rings. The van der Waals surface area contributed by atoms with Gasteiger partial charge in [-0.3, -0.25) is 0 Å². The van der Waals surface area contributed by atoms with Gasteiger partial charge in [0.15, 0.2) is 0 Å². The molecule has 0 fully saturated rings. The molecule has 0 saturated carbocycles. The second-order valence-electron chi connectivity index (χ2n) is 16.6. The zero-order valence-corrected chi connectivity index (χ0v) is 35.5. The van der Waals surface area contributed by atoms with Gasteiger partial charge in [0.05, 0.1) is 5.69 Å². The summed E-state index contributed by atoms with van der Waals surface area (Å²) in [4.78, 5) is 2.43. The van der Waals surface area contributed by atoms with Crippen LogP contribution in [0.5, 0.6) is 0 Å². The largest absolute Gasteiger partial charge is 0.310 e. The monoisotopic (exact) mass is 803 g/mol. The minimum Gasteiger partial charge on any atom is -0.310 e. The van der Waals surface area contributed by atoms with Crippen molar-refractivity contribution < 1.29 is 0 Å². The van der Waals surface area contributed by atoms with Gasteiger partial charge in [-0.15, -0.1) is 0 Å². The summed E-state index contributed by atoms with van der Waals surface area (Å²) in [5, 5.41) is 7.44. The molecule has 0 amide bonds. The predicted octanol–water partition coefficient (Wildman–Crippen LogP) is 17.6. The Balaban J connectivity index is 0.989. The molecule has 0 bridgehead atoms. The summed E-state index contributed by atoms with van der Waals surface area (Å²) >= 11 is 0. The Bertz CT molecular complexity index is 3430. The highest BCUT2D eigenvalue weighted by atomic mass is 15.1. The topological polar surface area (TPSA) is 3.24 Å². The fourth-order valence-corrected chi connectivity index (χ4v) is 9.60. The van der Waals surface area contributed by atoms with Crippen LogP contribution < -0.4 is 4.90 Å². The molecule has 11 aromatic carbocycles. The fourth-order valence-electron chi connectivity index (χ4n) is 9.60. The Morgan fingerprint density at radius 1 is 0.270 bits per heavy atom. The molecule has 1 nitrogen and oxygen atoms in total. The molecule has 0 aromatic heterocycles. The van der Waals surface area contributed by atoms with E-state index in [0.717, 1.165) is 17.1 Å². The summed E-state index contributed by atoms with van der Waals surface area (Å²) in [7, 11) is 0. The average Bonchev–Trinajstić information content (AvgIpc) is 3.35. The van der Waals surface area contributed by atoms with Crippen molar-refractivity contribution in [2.24, 2.45) is 0 Å². The van der Waals surface area contributed by atoms with E-state index in [9.17, 15) is 0 Å². The first-order chi connectivity index (χ1) is 31.1. The maximum Gasteiger partial charge on any atom is 0.0546 e. The fraction of sp³-hybridized carbons (Fsp3) is 0.0323. The Morgan fingerprint density at radius 3 is 1.27 bits per heavy atom. The summed E-state index contributed by atoms with van der Waals surface area (Å²) in [5.41, 5.74) is 18.2. The van der Waals surface area contributed by atoms with Crippen molar-refractivity contribution in [3.05, 3.63) is 248 Å². The molecule has 0 atom stereocenters. The van der Waals surface area contributed by atoms with E-state index < -0.39 is 0 Å².